The van der Waals surface area contributed by atoms with Crippen LogP contribution >= 0.6 is 0 Å². The van der Waals surface area contributed by atoms with Crippen molar-refractivity contribution in [2.45, 2.75) is 129 Å². The van der Waals surface area contributed by atoms with Crippen LogP contribution in [0.15, 0.2) is 0 Å². The van der Waals surface area contributed by atoms with Crippen LogP contribution in [0.3, 0.4) is 0 Å². The molecule has 2 atom stereocenters. The van der Waals surface area contributed by atoms with Crippen molar-refractivity contribution >= 4 is 0 Å². The Morgan fingerprint density at radius 2 is 1.00 bits per heavy atom. The molecule has 0 aliphatic heterocycles. The molecule has 152 valence electrons. The van der Waals surface area contributed by atoms with Crippen molar-refractivity contribution in [2.24, 2.45) is 35.5 Å². The molecule has 0 aromatic rings. The maximum atomic E-state index is 2.36. The van der Waals surface area contributed by atoms with Crippen LogP contribution in [-0.2, 0) is 0 Å². The van der Waals surface area contributed by atoms with Gasteiger partial charge in [0, 0.05) is 0 Å². The van der Waals surface area contributed by atoms with Crippen LogP contribution in [0.1, 0.15) is 129 Å². The van der Waals surface area contributed by atoms with Crippen LogP contribution in [0.25, 0.3) is 0 Å². The average Bonchev–Trinajstić information content (AvgIpc) is 2.71. The van der Waals surface area contributed by atoms with E-state index in [4.69, 9.17) is 0 Å². The fraction of sp³-hybridized carbons (Fsp3) is 1.00. The van der Waals surface area contributed by atoms with E-state index in [1.807, 2.05) is 0 Å². The number of hydrogen-bond acceptors (Lipinski definition) is 0. The minimum absolute atomic E-state index is 1.09. The highest BCUT2D eigenvalue weighted by atomic mass is 14.4. The SMILES string of the molecule is CCCCC1CCC(C2CCC([C@@H]3CCC[C@H](CCCC)C3)CC2)CC1. The van der Waals surface area contributed by atoms with E-state index in [9.17, 15) is 0 Å². The number of unbranched alkanes of at least 4 members (excludes halogenated alkanes) is 2. The highest BCUT2D eigenvalue weighted by Gasteiger charge is 2.34. The molecule has 0 heterocycles. The van der Waals surface area contributed by atoms with E-state index < -0.39 is 0 Å². The average molecular weight is 361 g/mol. The summed E-state index contributed by atoms with van der Waals surface area (Å²) in [4.78, 5) is 0. The summed E-state index contributed by atoms with van der Waals surface area (Å²) in [5.74, 6) is 6.61. The highest BCUT2D eigenvalue weighted by Crippen LogP contribution is 2.46. The first-order valence-electron chi connectivity index (χ1n) is 12.8. The molecule has 0 nitrogen and oxygen atoms in total. The van der Waals surface area contributed by atoms with Gasteiger partial charge < -0.3 is 0 Å². The van der Waals surface area contributed by atoms with Gasteiger partial charge in [-0.15, -0.1) is 0 Å². The van der Waals surface area contributed by atoms with Crippen molar-refractivity contribution in [2.75, 3.05) is 0 Å². The molecule has 3 aliphatic carbocycles. The van der Waals surface area contributed by atoms with E-state index in [-0.39, 0.29) is 0 Å². The molecule has 0 heteroatoms. The Labute approximate surface area is 165 Å². The second-order valence-electron chi connectivity index (χ2n) is 10.5. The van der Waals surface area contributed by atoms with Crippen LogP contribution in [-0.4, -0.2) is 0 Å². The fourth-order valence-corrected chi connectivity index (χ4v) is 7.04. The highest BCUT2D eigenvalue weighted by molar-refractivity contribution is 4.86. The first-order chi connectivity index (χ1) is 12.8. The molecule has 3 aliphatic rings. The summed E-state index contributed by atoms with van der Waals surface area (Å²) in [7, 11) is 0. The summed E-state index contributed by atoms with van der Waals surface area (Å²) in [5.41, 5.74) is 0. The van der Waals surface area contributed by atoms with Crippen LogP contribution in [0.4, 0.5) is 0 Å². The third-order valence-electron chi connectivity index (χ3n) is 8.80. The van der Waals surface area contributed by atoms with Gasteiger partial charge in [0.2, 0.25) is 0 Å². The lowest BCUT2D eigenvalue weighted by molar-refractivity contribution is 0.0981. The summed E-state index contributed by atoms with van der Waals surface area (Å²) >= 11 is 0. The van der Waals surface area contributed by atoms with Gasteiger partial charge in [-0.1, -0.05) is 84.5 Å². The molecule has 0 spiro atoms. The van der Waals surface area contributed by atoms with E-state index in [2.05, 4.69) is 13.8 Å². The standard InChI is InChI=1S/C26H48/c1-3-5-8-21-12-14-23(15-13-21)24-16-18-25(19-17-24)26-11-7-10-22(20-26)9-6-4-2/h21-26H,3-20H2,1-2H3/t21?,22-,23?,24?,25?,26+/m0/s1. The molecule has 0 aromatic heterocycles. The fourth-order valence-electron chi connectivity index (χ4n) is 7.04. The van der Waals surface area contributed by atoms with Gasteiger partial charge in [0.25, 0.3) is 0 Å². The third kappa shape index (κ3) is 6.00. The molecule has 3 saturated carbocycles. The predicted molar refractivity (Wildman–Crippen MR) is 115 cm³/mol. The Kier molecular flexibility index (Phi) is 8.86. The van der Waals surface area contributed by atoms with Crippen molar-refractivity contribution in [3.8, 4) is 0 Å². The van der Waals surface area contributed by atoms with E-state index in [1.165, 1.54) is 38.5 Å². The van der Waals surface area contributed by atoms with Gasteiger partial charge in [-0.05, 0) is 80.5 Å². The summed E-state index contributed by atoms with van der Waals surface area (Å²) in [6.45, 7) is 4.71. The molecular formula is C26H48. The van der Waals surface area contributed by atoms with Gasteiger partial charge in [0.15, 0.2) is 0 Å². The lowest BCUT2D eigenvalue weighted by atomic mass is 9.64. The molecular weight excluding hydrogens is 312 g/mol. The predicted octanol–water partition coefficient (Wildman–Crippen LogP) is 8.79. The molecule has 0 bridgehead atoms. The second kappa shape index (κ2) is 11.1. The summed E-state index contributed by atoms with van der Waals surface area (Å²) < 4.78 is 0. The van der Waals surface area contributed by atoms with E-state index in [1.54, 1.807) is 77.0 Å². The zero-order valence-corrected chi connectivity index (χ0v) is 18.2. The molecule has 0 radical (unpaired) electrons. The normalized spacial score (nSPS) is 39.0. The Hall–Kier alpha value is 0. The molecule has 0 saturated heterocycles. The molecule has 0 N–H and O–H groups in total. The molecule has 0 unspecified atom stereocenters. The molecule has 3 rings (SSSR count). The Morgan fingerprint density at radius 1 is 0.500 bits per heavy atom. The Morgan fingerprint density at radius 3 is 1.58 bits per heavy atom. The van der Waals surface area contributed by atoms with E-state index >= 15 is 0 Å². The first kappa shape index (κ1) is 20.7. The Bertz CT molecular complexity index is 356. The van der Waals surface area contributed by atoms with Crippen molar-refractivity contribution in [1.29, 1.82) is 0 Å². The van der Waals surface area contributed by atoms with Crippen molar-refractivity contribution in [3.63, 3.8) is 0 Å². The zero-order chi connectivity index (χ0) is 18.2. The maximum absolute atomic E-state index is 2.36. The minimum Gasteiger partial charge on any atom is -0.0654 e. The zero-order valence-electron chi connectivity index (χ0n) is 18.2. The maximum Gasteiger partial charge on any atom is -0.0383 e. The molecule has 3 fully saturated rings. The largest absolute Gasteiger partial charge is 0.0654 e. The van der Waals surface area contributed by atoms with Gasteiger partial charge in [-0.3, -0.25) is 0 Å². The van der Waals surface area contributed by atoms with Crippen LogP contribution in [0.2, 0.25) is 0 Å². The van der Waals surface area contributed by atoms with Gasteiger partial charge >= 0.3 is 0 Å². The summed E-state index contributed by atoms with van der Waals surface area (Å²) in [5, 5.41) is 0. The van der Waals surface area contributed by atoms with E-state index in [0.29, 0.717) is 0 Å². The lowest BCUT2D eigenvalue weighted by Gasteiger charge is -2.41. The second-order valence-corrected chi connectivity index (χ2v) is 10.5. The van der Waals surface area contributed by atoms with Crippen LogP contribution in [0, 0.1) is 35.5 Å². The van der Waals surface area contributed by atoms with Gasteiger partial charge in [0.05, 0.1) is 0 Å². The first-order valence-corrected chi connectivity index (χ1v) is 12.8. The summed E-state index contributed by atoms with van der Waals surface area (Å²) in [6.07, 6.45) is 27.7. The van der Waals surface area contributed by atoms with Crippen molar-refractivity contribution in [1.82, 2.24) is 0 Å². The Balaban J connectivity index is 1.36. The number of rotatable bonds is 8. The monoisotopic (exact) mass is 360 g/mol. The van der Waals surface area contributed by atoms with Gasteiger partial charge in [0.1, 0.15) is 0 Å². The third-order valence-corrected chi connectivity index (χ3v) is 8.80. The number of hydrogen-bond donors (Lipinski definition) is 0. The van der Waals surface area contributed by atoms with Crippen molar-refractivity contribution < 1.29 is 0 Å². The van der Waals surface area contributed by atoms with Gasteiger partial charge in [-0.2, -0.15) is 0 Å². The quantitative estimate of drug-likeness (QED) is 0.405. The summed E-state index contributed by atoms with van der Waals surface area (Å²) in [6, 6.07) is 0. The van der Waals surface area contributed by atoms with Crippen LogP contribution in [0.5, 0.6) is 0 Å². The minimum atomic E-state index is 1.09. The van der Waals surface area contributed by atoms with E-state index in [0.717, 1.165) is 35.5 Å². The van der Waals surface area contributed by atoms with Gasteiger partial charge in [-0.25, -0.2) is 0 Å². The smallest absolute Gasteiger partial charge is 0.0383 e. The molecule has 0 amide bonds. The van der Waals surface area contributed by atoms with Crippen LogP contribution < -0.4 is 0 Å². The van der Waals surface area contributed by atoms with Crippen molar-refractivity contribution in [3.05, 3.63) is 0 Å². The molecule has 0 aromatic carbocycles. The lowest BCUT2D eigenvalue weighted by Crippen LogP contribution is -2.30. The molecule has 26 heavy (non-hydrogen) atoms. The topological polar surface area (TPSA) is 0 Å².